The van der Waals surface area contributed by atoms with Gasteiger partial charge in [0.05, 0.1) is 15.6 Å². The monoisotopic (exact) mass is 400 g/mol. The van der Waals surface area contributed by atoms with Gasteiger partial charge in [0.15, 0.2) is 11.5 Å². The first-order chi connectivity index (χ1) is 9.48. The minimum atomic E-state index is -3.75. The van der Waals surface area contributed by atoms with Crippen molar-refractivity contribution in [1.82, 2.24) is 0 Å². The van der Waals surface area contributed by atoms with E-state index in [9.17, 15) is 13.2 Å². The topological polar surface area (TPSA) is 60.4 Å². The summed E-state index contributed by atoms with van der Waals surface area (Å²) in [6.07, 6.45) is 0. The van der Waals surface area contributed by atoms with E-state index in [1.165, 1.54) is 25.3 Å². The maximum absolute atomic E-state index is 12.7. The molecule has 102 valence electrons. The predicted octanol–water partition coefficient (Wildman–Crippen LogP) is 2.68. The molecule has 1 aliphatic heterocycles. The quantitative estimate of drug-likeness (QED) is 0.590. The van der Waals surface area contributed by atoms with E-state index in [0.29, 0.717) is 3.57 Å². The van der Waals surface area contributed by atoms with Crippen LogP contribution in [0.2, 0.25) is 0 Å². The van der Waals surface area contributed by atoms with Crippen LogP contribution in [0.4, 0.5) is 0 Å². The van der Waals surface area contributed by atoms with Crippen LogP contribution < -0.4 is 4.74 Å². The van der Waals surface area contributed by atoms with Crippen molar-refractivity contribution in [2.75, 3.05) is 7.11 Å². The molecular formula is C14H9IO4S. The molecule has 1 heterocycles. The molecule has 2 aromatic carbocycles. The van der Waals surface area contributed by atoms with E-state index < -0.39 is 9.84 Å². The zero-order chi connectivity index (χ0) is 14.5. The van der Waals surface area contributed by atoms with Crippen molar-refractivity contribution in [3.05, 3.63) is 51.1 Å². The molecule has 0 spiro atoms. The van der Waals surface area contributed by atoms with Crippen LogP contribution in [-0.4, -0.2) is 21.3 Å². The Morgan fingerprint density at radius 2 is 1.75 bits per heavy atom. The Balaban J connectivity index is 2.48. The molecule has 2 aromatic rings. The van der Waals surface area contributed by atoms with Gasteiger partial charge < -0.3 is 4.74 Å². The lowest BCUT2D eigenvalue weighted by Gasteiger charge is -2.21. The van der Waals surface area contributed by atoms with Gasteiger partial charge in [0.1, 0.15) is 4.90 Å². The fraction of sp³-hybridized carbons (Fsp3) is 0.0714. The fourth-order valence-corrected chi connectivity index (χ4v) is 4.99. The number of ketones is 1. The fourth-order valence-electron chi connectivity index (χ4n) is 2.32. The summed E-state index contributed by atoms with van der Waals surface area (Å²) in [5.74, 6) is -0.0638. The van der Waals surface area contributed by atoms with E-state index in [-0.39, 0.29) is 32.5 Å². The lowest BCUT2D eigenvalue weighted by Crippen LogP contribution is -2.21. The maximum Gasteiger partial charge on any atom is 0.211 e. The van der Waals surface area contributed by atoms with Crippen molar-refractivity contribution in [3.63, 3.8) is 0 Å². The third-order valence-corrected chi connectivity index (χ3v) is 5.93. The van der Waals surface area contributed by atoms with E-state index in [0.717, 1.165) is 0 Å². The van der Waals surface area contributed by atoms with Crippen LogP contribution in [-0.2, 0) is 9.84 Å². The normalized spacial score (nSPS) is 15.4. The van der Waals surface area contributed by atoms with E-state index in [4.69, 9.17) is 4.74 Å². The van der Waals surface area contributed by atoms with Crippen molar-refractivity contribution in [1.29, 1.82) is 0 Å². The Kier molecular flexibility index (Phi) is 3.09. The highest BCUT2D eigenvalue weighted by Gasteiger charge is 2.37. The van der Waals surface area contributed by atoms with Gasteiger partial charge in [0, 0.05) is 11.1 Å². The van der Waals surface area contributed by atoms with Crippen molar-refractivity contribution < 1.29 is 17.9 Å². The highest BCUT2D eigenvalue weighted by Crippen LogP contribution is 2.41. The van der Waals surface area contributed by atoms with Gasteiger partial charge in [-0.15, -0.1) is 0 Å². The van der Waals surface area contributed by atoms with Crippen molar-refractivity contribution in [2.45, 2.75) is 9.79 Å². The second-order valence-corrected chi connectivity index (χ2v) is 7.30. The number of carbonyl (C=O) groups is 1. The third-order valence-electron chi connectivity index (χ3n) is 3.20. The van der Waals surface area contributed by atoms with Crippen LogP contribution in [0.25, 0.3) is 0 Å². The highest BCUT2D eigenvalue weighted by atomic mass is 127. The Morgan fingerprint density at radius 3 is 2.45 bits per heavy atom. The van der Waals surface area contributed by atoms with Gasteiger partial charge in [-0.1, -0.05) is 12.1 Å². The lowest BCUT2D eigenvalue weighted by molar-refractivity contribution is 0.103. The van der Waals surface area contributed by atoms with Crippen molar-refractivity contribution in [2.24, 2.45) is 0 Å². The van der Waals surface area contributed by atoms with E-state index in [1.54, 1.807) is 18.2 Å². The number of hydrogen-bond donors (Lipinski definition) is 0. The highest BCUT2D eigenvalue weighted by molar-refractivity contribution is 14.1. The molecule has 20 heavy (non-hydrogen) atoms. The molecule has 0 radical (unpaired) electrons. The Labute approximate surface area is 129 Å². The average molecular weight is 400 g/mol. The number of sulfone groups is 1. The summed E-state index contributed by atoms with van der Waals surface area (Å²) < 4.78 is 31.3. The van der Waals surface area contributed by atoms with E-state index >= 15 is 0 Å². The number of hydrogen-bond acceptors (Lipinski definition) is 4. The maximum atomic E-state index is 12.7. The summed E-state index contributed by atoms with van der Waals surface area (Å²) in [5, 5.41) is 0. The number of benzene rings is 2. The predicted molar refractivity (Wildman–Crippen MR) is 81.0 cm³/mol. The Bertz CT molecular complexity index is 840. The number of halogens is 1. The minimum absolute atomic E-state index is 0.0319. The van der Waals surface area contributed by atoms with Crippen LogP contribution in [0.15, 0.2) is 46.2 Å². The summed E-state index contributed by atoms with van der Waals surface area (Å²) in [7, 11) is -2.35. The smallest absolute Gasteiger partial charge is 0.211 e. The molecule has 4 nitrogen and oxygen atoms in total. The number of fused-ring (bicyclic) bond motifs is 2. The van der Waals surface area contributed by atoms with Gasteiger partial charge >= 0.3 is 0 Å². The van der Waals surface area contributed by atoms with Gasteiger partial charge in [0.2, 0.25) is 9.84 Å². The Morgan fingerprint density at radius 1 is 1.05 bits per heavy atom. The van der Waals surface area contributed by atoms with Gasteiger partial charge in [-0.2, -0.15) is 0 Å². The SMILES string of the molecule is COc1c(I)ccc2c1S(=O)(=O)c1ccccc1C2=O. The molecule has 0 saturated carbocycles. The number of ether oxygens (including phenoxy) is 1. The standard InChI is InChI=1S/C14H9IO4S/c1-19-13-10(15)7-6-9-12(16)8-4-2-3-5-11(8)20(17,18)14(9)13/h2-7H,1H3. The van der Waals surface area contributed by atoms with Crippen LogP contribution in [0.5, 0.6) is 5.75 Å². The van der Waals surface area contributed by atoms with E-state index in [1.807, 2.05) is 22.6 Å². The summed E-state index contributed by atoms with van der Waals surface area (Å²) >= 11 is 1.99. The zero-order valence-corrected chi connectivity index (χ0v) is 13.4. The molecule has 3 rings (SSSR count). The van der Waals surface area contributed by atoms with Crippen molar-refractivity contribution >= 4 is 38.2 Å². The summed E-state index contributed by atoms with van der Waals surface area (Å²) in [6, 6.07) is 9.46. The molecule has 6 heteroatoms. The zero-order valence-electron chi connectivity index (χ0n) is 10.4. The summed E-state index contributed by atoms with van der Waals surface area (Å²) in [6.45, 7) is 0. The Hall–Kier alpha value is -1.41. The van der Waals surface area contributed by atoms with Crippen molar-refractivity contribution in [3.8, 4) is 5.75 Å². The molecule has 0 saturated heterocycles. The number of carbonyl (C=O) groups excluding carboxylic acids is 1. The van der Waals surface area contributed by atoms with Gasteiger partial charge in [0.25, 0.3) is 0 Å². The van der Waals surface area contributed by atoms with Crippen LogP contribution in [0, 0.1) is 3.57 Å². The minimum Gasteiger partial charge on any atom is -0.494 e. The lowest BCUT2D eigenvalue weighted by atomic mass is 10.0. The molecule has 0 N–H and O–H groups in total. The van der Waals surface area contributed by atoms with Crippen LogP contribution in [0.3, 0.4) is 0 Å². The molecule has 1 aliphatic rings. The van der Waals surface area contributed by atoms with Gasteiger partial charge in [-0.25, -0.2) is 8.42 Å². The second-order valence-electron chi connectivity index (χ2n) is 4.29. The van der Waals surface area contributed by atoms with Gasteiger partial charge in [-0.3, -0.25) is 4.79 Å². The molecule has 0 amide bonds. The largest absolute Gasteiger partial charge is 0.494 e. The first kappa shape index (κ1) is 13.6. The summed E-state index contributed by atoms with van der Waals surface area (Å²) in [4.78, 5) is 12.5. The molecule has 0 aliphatic carbocycles. The van der Waals surface area contributed by atoms with Crippen LogP contribution >= 0.6 is 22.6 Å². The third kappa shape index (κ3) is 1.71. The average Bonchev–Trinajstić information content (AvgIpc) is 2.45. The molecular weight excluding hydrogens is 391 g/mol. The van der Waals surface area contributed by atoms with Crippen LogP contribution in [0.1, 0.15) is 15.9 Å². The first-order valence-electron chi connectivity index (χ1n) is 5.74. The molecule has 0 atom stereocenters. The second kappa shape index (κ2) is 4.56. The summed E-state index contributed by atoms with van der Waals surface area (Å²) in [5.41, 5.74) is 0.379. The molecule has 0 bridgehead atoms. The van der Waals surface area contributed by atoms with E-state index in [2.05, 4.69) is 0 Å². The number of methoxy groups -OCH3 is 1. The molecule has 0 unspecified atom stereocenters. The molecule has 0 fully saturated rings. The number of rotatable bonds is 1. The van der Waals surface area contributed by atoms with Gasteiger partial charge in [-0.05, 0) is 46.9 Å². The first-order valence-corrected chi connectivity index (χ1v) is 8.30. The molecule has 0 aromatic heterocycles.